The van der Waals surface area contributed by atoms with Crippen LogP contribution in [0.4, 0.5) is 11.9 Å². The molecule has 1 heterocycles. The lowest BCUT2D eigenvalue weighted by Gasteiger charge is -2.08. The van der Waals surface area contributed by atoms with Gasteiger partial charge in [-0.15, -0.1) is 0 Å². The molecule has 0 bridgehead atoms. The molecule has 2 aromatic rings. The predicted molar refractivity (Wildman–Crippen MR) is 84.2 cm³/mol. The van der Waals surface area contributed by atoms with E-state index in [0.717, 1.165) is 24.3 Å². The fourth-order valence-corrected chi connectivity index (χ4v) is 1.94. The average molecular weight is 287 g/mol. The Balaban J connectivity index is 2.17. The van der Waals surface area contributed by atoms with E-state index in [0.29, 0.717) is 11.8 Å². The Morgan fingerprint density at radius 3 is 2.81 bits per heavy atom. The van der Waals surface area contributed by atoms with Crippen LogP contribution in [-0.4, -0.2) is 28.6 Å². The predicted octanol–water partition coefficient (Wildman–Crippen LogP) is 2.73. The van der Waals surface area contributed by atoms with E-state index in [4.69, 9.17) is 10.5 Å². The lowest BCUT2D eigenvalue weighted by Crippen LogP contribution is -2.09. The van der Waals surface area contributed by atoms with Gasteiger partial charge in [-0.3, -0.25) is 0 Å². The number of methoxy groups -OCH3 is 1. The van der Waals surface area contributed by atoms with Crippen molar-refractivity contribution < 1.29 is 4.74 Å². The average Bonchev–Trinajstić information content (AvgIpc) is 2.51. The van der Waals surface area contributed by atoms with Gasteiger partial charge in [0.1, 0.15) is 5.75 Å². The lowest BCUT2D eigenvalue weighted by molar-refractivity contribution is 0.415. The first kappa shape index (κ1) is 15.0. The lowest BCUT2D eigenvalue weighted by atomic mass is 10.2. The standard InChI is InChI=1S/C15H21N5O/c1-3-4-5-9-17-15-19-13(18-14(16)20-15)11-7-6-8-12(10-11)21-2/h6-8,10H,3-5,9H2,1-2H3,(H3,16,17,18,19,20). The minimum absolute atomic E-state index is 0.209. The van der Waals surface area contributed by atoms with Crippen LogP contribution in [-0.2, 0) is 0 Å². The first-order valence-electron chi connectivity index (χ1n) is 7.12. The Hall–Kier alpha value is -2.37. The smallest absolute Gasteiger partial charge is 0.228 e. The van der Waals surface area contributed by atoms with E-state index in [-0.39, 0.29) is 5.95 Å². The topological polar surface area (TPSA) is 86.0 Å². The third kappa shape index (κ3) is 4.30. The fourth-order valence-electron chi connectivity index (χ4n) is 1.94. The highest BCUT2D eigenvalue weighted by Gasteiger charge is 2.07. The van der Waals surface area contributed by atoms with Crippen molar-refractivity contribution in [3.63, 3.8) is 0 Å². The molecule has 0 fully saturated rings. The second kappa shape index (κ2) is 7.42. The number of anilines is 2. The van der Waals surface area contributed by atoms with Crippen LogP contribution in [0.2, 0.25) is 0 Å². The maximum atomic E-state index is 5.76. The summed E-state index contributed by atoms with van der Waals surface area (Å²) < 4.78 is 5.21. The molecule has 0 aliphatic rings. The number of nitrogens with one attached hydrogen (secondary N) is 1. The number of hydrogen-bond donors (Lipinski definition) is 2. The maximum Gasteiger partial charge on any atom is 0.228 e. The van der Waals surface area contributed by atoms with Crippen LogP contribution in [0.3, 0.4) is 0 Å². The monoisotopic (exact) mass is 287 g/mol. The first-order valence-corrected chi connectivity index (χ1v) is 7.12. The van der Waals surface area contributed by atoms with Gasteiger partial charge in [-0.2, -0.15) is 15.0 Å². The van der Waals surface area contributed by atoms with E-state index in [1.54, 1.807) is 7.11 Å². The molecule has 0 aliphatic heterocycles. The van der Waals surface area contributed by atoms with Crippen LogP contribution in [0.15, 0.2) is 24.3 Å². The number of benzene rings is 1. The summed E-state index contributed by atoms with van der Waals surface area (Å²) in [6.45, 7) is 3.00. The number of nitrogens with two attached hydrogens (primary N) is 1. The molecule has 6 heteroatoms. The van der Waals surface area contributed by atoms with Gasteiger partial charge >= 0.3 is 0 Å². The number of nitrogens with zero attached hydrogens (tertiary/aromatic N) is 3. The molecule has 21 heavy (non-hydrogen) atoms. The number of ether oxygens (including phenoxy) is 1. The molecule has 0 unspecified atom stereocenters. The minimum Gasteiger partial charge on any atom is -0.497 e. The van der Waals surface area contributed by atoms with Gasteiger partial charge in [0.25, 0.3) is 0 Å². The summed E-state index contributed by atoms with van der Waals surface area (Å²) in [5.41, 5.74) is 6.61. The van der Waals surface area contributed by atoms with Gasteiger partial charge in [0, 0.05) is 12.1 Å². The van der Waals surface area contributed by atoms with Gasteiger partial charge < -0.3 is 15.8 Å². The zero-order chi connectivity index (χ0) is 15.1. The second-order valence-electron chi connectivity index (χ2n) is 4.71. The van der Waals surface area contributed by atoms with Crippen molar-refractivity contribution in [2.24, 2.45) is 0 Å². The highest BCUT2D eigenvalue weighted by atomic mass is 16.5. The quantitative estimate of drug-likeness (QED) is 0.761. The number of unbranched alkanes of at least 4 members (excludes halogenated alkanes) is 2. The SMILES string of the molecule is CCCCCNc1nc(N)nc(-c2cccc(OC)c2)n1. The molecular formula is C15H21N5O. The summed E-state index contributed by atoms with van der Waals surface area (Å²) in [4.78, 5) is 12.7. The molecule has 0 radical (unpaired) electrons. The molecular weight excluding hydrogens is 266 g/mol. The molecule has 3 N–H and O–H groups in total. The van der Waals surface area contributed by atoms with Crippen LogP contribution in [0.25, 0.3) is 11.4 Å². The summed E-state index contributed by atoms with van der Waals surface area (Å²) in [6.07, 6.45) is 3.43. The molecule has 2 rings (SSSR count). The molecule has 0 saturated heterocycles. The summed E-state index contributed by atoms with van der Waals surface area (Å²) >= 11 is 0. The van der Waals surface area contributed by atoms with E-state index >= 15 is 0 Å². The molecule has 0 spiro atoms. The highest BCUT2D eigenvalue weighted by Crippen LogP contribution is 2.21. The van der Waals surface area contributed by atoms with Crippen LogP contribution in [0, 0.1) is 0 Å². The molecule has 112 valence electrons. The van der Waals surface area contributed by atoms with Crippen molar-refractivity contribution in [3.05, 3.63) is 24.3 Å². The van der Waals surface area contributed by atoms with Crippen LogP contribution in [0.1, 0.15) is 26.2 Å². The first-order chi connectivity index (χ1) is 10.2. The van der Waals surface area contributed by atoms with Gasteiger partial charge in [-0.25, -0.2) is 0 Å². The Bertz CT molecular complexity index is 588. The summed E-state index contributed by atoms with van der Waals surface area (Å²) in [6, 6.07) is 7.55. The molecule has 6 nitrogen and oxygen atoms in total. The zero-order valence-corrected chi connectivity index (χ0v) is 12.5. The normalized spacial score (nSPS) is 10.4. The van der Waals surface area contributed by atoms with Crippen LogP contribution < -0.4 is 15.8 Å². The highest BCUT2D eigenvalue weighted by molar-refractivity contribution is 5.59. The van der Waals surface area contributed by atoms with E-state index in [2.05, 4.69) is 27.2 Å². The third-order valence-corrected chi connectivity index (χ3v) is 3.04. The van der Waals surface area contributed by atoms with Crippen molar-refractivity contribution in [1.29, 1.82) is 0 Å². The Morgan fingerprint density at radius 1 is 1.19 bits per heavy atom. The third-order valence-electron chi connectivity index (χ3n) is 3.04. The van der Waals surface area contributed by atoms with Crippen LogP contribution in [0.5, 0.6) is 5.75 Å². The molecule has 0 atom stereocenters. The Labute approximate surface area is 124 Å². The number of nitrogen functional groups attached to an aromatic ring is 1. The number of aromatic nitrogens is 3. The molecule has 1 aromatic heterocycles. The maximum absolute atomic E-state index is 5.76. The van der Waals surface area contributed by atoms with Gasteiger partial charge in [-0.1, -0.05) is 31.9 Å². The molecule has 0 saturated carbocycles. The second-order valence-corrected chi connectivity index (χ2v) is 4.71. The molecule has 0 aliphatic carbocycles. The van der Waals surface area contributed by atoms with E-state index in [1.165, 1.54) is 12.8 Å². The zero-order valence-electron chi connectivity index (χ0n) is 12.5. The van der Waals surface area contributed by atoms with Crippen LogP contribution >= 0.6 is 0 Å². The van der Waals surface area contributed by atoms with Crippen molar-refractivity contribution in [2.75, 3.05) is 24.7 Å². The van der Waals surface area contributed by atoms with E-state index < -0.39 is 0 Å². The Kier molecular flexibility index (Phi) is 5.31. The van der Waals surface area contributed by atoms with Crippen molar-refractivity contribution in [3.8, 4) is 17.1 Å². The largest absolute Gasteiger partial charge is 0.497 e. The number of hydrogen-bond acceptors (Lipinski definition) is 6. The number of rotatable bonds is 7. The van der Waals surface area contributed by atoms with Gasteiger partial charge in [0.2, 0.25) is 11.9 Å². The van der Waals surface area contributed by atoms with Gasteiger partial charge in [0.15, 0.2) is 5.82 Å². The summed E-state index contributed by atoms with van der Waals surface area (Å²) in [5, 5.41) is 3.19. The van der Waals surface area contributed by atoms with Crippen molar-refractivity contribution in [1.82, 2.24) is 15.0 Å². The minimum atomic E-state index is 0.209. The molecule has 1 aromatic carbocycles. The van der Waals surface area contributed by atoms with Crippen molar-refractivity contribution in [2.45, 2.75) is 26.2 Å². The fraction of sp³-hybridized carbons (Fsp3) is 0.400. The summed E-state index contributed by atoms with van der Waals surface area (Å²) in [7, 11) is 1.63. The van der Waals surface area contributed by atoms with E-state index in [9.17, 15) is 0 Å². The molecule has 0 amide bonds. The van der Waals surface area contributed by atoms with Gasteiger partial charge in [-0.05, 0) is 18.6 Å². The summed E-state index contributed by atoms with van der Waals surface area (Å²) in [5.74, 6) is 2.01. The van der Waals surface area contributed by atoms with E-state index in [1.807, 2.05) is 24.3 Å². The van der Waals surface area contributed by atoms with Gasteiger partial charge in [0.05, 0.1) is 7.11 Å². The Morgan fingerprint density at radius 2 is 2.05 bits per heavy atom. The van der Waals surface area contributed by atoms with Crippen molar-refractivity contribution >= 4 is 11.9 Å².